The first-order chi connectivity index (χ1) is 9.13. The molecule has 1 aliphatic heterocycles. The minimum absolute atomic E-state index is 0.543. The molecular weight excluding hydrogens is 230 g/mol. The van der Waals surface area contributed by atoms with E-state index in [0.717, 1.165) is 23.8 Å². The van der Waals surface area contributed by atoms with Gasteiger partial charge >= 0.3 is 0 Å². The van der Waals surface area contributed by atoms with Crippen LogP contribution in [0.3, 0.4) is 0 Å². The first kappa shape index (κ1) is 12.3. The highest BCUT2D eigenvalue weighted by Gasteiger charge is 2.56. The molecule has 3 saturated carbocycles. The molecule has 0 aromatic rings. The lowest BCUT2D eigenvalue weighted by molar-refractivity contribution is -0.0713. The van der Waals surface area contributed by atoms with E-state index in [4.69, 9.17) is 0 Å². The molecule has 106 valence electrons. The summed E-state index contributed by atoms with van der Waals surface area (Å²) in [6, 6.07) is 0.754. The van der Waals surface area contributed by atoms with Crippen molar-refractivity contribution in [3.05, 3.63) is 12.3 Å². The quantitative estimate of drug-likeness (QED) is 0.675. The molecule has 1 N–H and O–H groups in total. The van der Waals surface area contributed by atoms with Crippen molar-refractivity contribution in [2.45, 2.75) is 71.3 Å². The van der Waals surface area contributed by atoms with Crippen molar-refractivity contribution in [1.29, 1.82) is 0 Å². The Labute approximate surface area is 118 Å². The zero-order valence-corrected chi connectivity index (χ0v) is 12.6. The highest BCUT2D eigenvalue weighted by atomic mass is 14.9. The van der Waals surface area contributed by atoms with Gasteiger partial charge < -0.3 is 5.32 Å². The number of rotatable bonds is 0. The average Bonchev–Trinajstić information content (AvgIpc) is 2.79. The van der Waals surface area contributed by atoms with E-state index in [1.807, 2.05) is 0 Å². The Morgan fingerprint density at radius 1 is 1.00 bits per heavy atom. The van der Waals surface area contributed by atoms with E-state index in [-0.39, 0.29) is 0 Å². The lowest BCUT2D eigenvalue weighted by Gasteiger charge is -2.59. The van der Waals surface area contributed by atoms with Gasteiger partial charge in [0, 0.05) is 6.04 Å². The number of allylic oxidation sites excluding steroid dienone is 1. The molecule has 0 spiro atoms. The van der Waals surface area contributed by atoms with Crippen LogP contribution in [0.15, 0.2) is 12.3 Å². The summed E-state index contributed by atoms with van der Waals surface area (Å²) in [5.41, 5.74) is 1.25. The lowest BCUT2D eigenvalue weighted by Crippen LogP contribution is -2.57. The maximum Gasteiger partial charge on any atom is 0.0315 e. The Bertz CT molecular complexity index is 400. The van der Waals surface area contributed by atoms with E-state index in [0.29, 0.717) is 10.8 Å². The third kappa shape index (κ3) is 1.59. The Balaban J connectivity index is 1.67. The summed E-state index contributed by atoms with van der Waals surface area (Å²) in [4.78, 5) is 0. The van der Waals surface area contributed by atoms with E-state index in [1.165, 1.54) is 51.4 Å². The van der Waals surface area contributed by atoms with Crippen molar-refractivity contribution < 1.29 is 0 Å². The van der Waals surface area contributed by atoms with Crippen LogP contribution in [-0.2, 0) is 0 Å². The van der Waals surface area contributed by atoms with Crippen LogP contribution in [0.2, 0.25) is 0 Å². The molecular formula is C18H29N. The molecule has 1 heterocycles. The minimum Gasteiger partial charge on any atom is -0.388 e. The second-order valence-corrected chi connectivity index (χ2v) is 8.37. The standard InChI is InChI=1S/C18H29N/c1-17-9-3-5-14(17)13-6-7-16-18(2,10-4-12-19-16)15(13)8-11-17/h4,12-16,19H,3,5-11H2,1-2H3/t13-,14-,15-,16+,17-,18+/m0/s1. The van der Waals surface area contributed by atoms with Gasteiger partial charge in [-0.15, -0.1) is 0 Å². The van der Waals surface area contributed by atoms with Crippen LogP contribution >= 0.6 is 0 Å². The fourth-order valence-corrected chi connectivity index (χ4v) is 6.51. The van der Waals surface area contributed by atoms with Crippen molar-refractivity contribution in [3.63, 3.8) is 0 Å². The van der Waals surface area contributed by atoms with Crippen LogP contribution in [0.4, 0.5) is 0 Å². The van der Waals surface area contributed by atoms with Gasteiger partial charge in [-0.25, -0.2) is 0 Å². The van der Waals surface area contributed by atoms with Crippen LogP contribution in [0.1, 0.15) is 65.2 Å². The highest BCUT2D eigenvalue weighted by molar-refractivity contribution is 5.12. The monoisotopic (exact) mass is 259 g/mol. The van der Waals surface area contributed by atoms with Gasteiger partial charge in [0.15, 0.2) is 0 Å². The van der Waals surface area contributed by atoms with Gasteiger partial charge in [-0.05, 0) is 79.7 Å². The van der Waals surface area contributed by atoms with Gasteiger partial charge in [-0.1, -0.05) is 26.3 Å². The third-order valence-corrected chi connectivity index (χ3v) is 7.62. The Hall–Kier alpha value is -0.460. The van der Waals surface area contributed by atoms with Crippen molar-refractivity contribution in [2.75, 3.05) is 0 Å². The van der Waals surface area contributed by atoms with Gasteiger partial charge in [-0.3, -0.25) is 0 Å². The maximum atomic E-state index is 3.68. The molecule has 19 heavy (non-hydrogen) atoms. The zero-order valence-electron chi connectivity index (χ0n) is 12.6. The van der Waals surface area contributed by atoms with Gasteiger partial charge in [0.05, 0.1) is 0 Å². The molecule has 6 atom stereocenters. The average molecular weight is 259 g/mol. The van der Waals surface area contributed by atoms with Crippen LogP contribution in [-0.4, -0.2) is 6.04 Å². The molecule has 0 radical (unpaired) electrons. The number of nitrogens with one attached hydrogen (secondary N) is 1. The van der Waals surface area contributed by atoms with E-state index in [2.05, 4.69) is 31.4 Å². The number of fused-ring (bicyclic) bond motifs is 5. The van der Waals surface area contributed by atoms with Gasteiger partial charge in [0.2, 0.25) is 0 Å². The summed E-state index contributed by atoms with van der Waals surface area (Å²) in [5, 5.41) is 3.68. The van der Waals surface area contributed by atoms with Crippen LogP contribution in [0.5, 0.6) is 0 Å². The Kier molecular flexibility index (Phi) is 2.60. The number of hydrogen-bond acceptors (Lipinski definition) is 1. The molecule has 3 aliphatic carbocycles. The molecule has 0 unspecified atom stereocenters. The summed E-state index contributed by atoms with van der Waals surface area (Å²) in [6.45, 7) is 5.19. The van der Waals surface area contributed by atoms with E-state index >= 15 is 0 Å². The predicted octanol–water partition coefficient (Wildman–Crippen LogP) is 4.49. The lowest BCUT2D eigenvalue weighted by atomic mass is 9.48. The third-order valence-electron chi connectivity index (χ3n) is 7.62. The Morgan fingerprint density at radius 3 is 2.79 bits per heavy atom. The van der Waals surface area contributed by atoms with E-state index in [9.17, 15) is 0 Å². The minimum atomic E-state index is 0.543. The molecule has 0 bridgehead atoms. The smallest absolute Gasteiger partial charge is 0.0315 e. The van der Waals surface area contributed by atoms with Gasteiger partial charge in [0.25, 0.3) is 0 Å². The van der Waals surface area contributed by atoms with E-state index < -0.39 is 0 Å². The topological polar surface area (TPSA) is 12.0 Å². The van der Waals surface area contributed by atoms with Crippen LogP contribution in [0.25, 0.3) is 0 Å². The molecule has 0 aromatic carbocycles. The molecule has 0 saturated heterocycles. The molecule has 3 fully saturated rings. The SMILES string of the molecule is C[C@@]12CCC[C@H]1[C@@H]1CC[C@H]3NC=CC[C@]3(C)[C@H]1CC2. The number of hydrogen-bond donors (Lipinski definition) is 1. The maximum absolute atomic E-state index is 3.68. The fraction of sp³-hybridized carbons (Fsp3) is 0.889. The van der Waals surface area contributed by atoms with E-state index in [1.54, 1.807) is 0 Å². The second kappa shape index (κ2) is 4.02. The summed E-state index contributed by atoms with van der Waals surface area (Å²) >= 11 is 0. The zero-order chi connectivity index (χ0) is 13.1. The Morgan fingerprint density at radius 2 is 1.89 bits per heavy atom. The highest BCUT2D eigenvalue weighted by Crippen LogP contribution is 2.63. The largest absolute Gasteiger partial charge is 0.388 e. The van der Waals surface area contributed by atoms with Crippen LogP contribution < -0.4 is 5.32 Å². The molecule has 4 aliphatic rings. The second-order valence-electron chi connectivity index (χ2n) is 8.37. The molecule has 1 nitrogen and oxygen atoms in total. The van der Waals surface area contributed by atoms with Gasteiger partial charge in [-0.2, -0.15) is 0 Å². The van der Waals surface area contributed by atoms with Crippen molar-refractivity contribution >= 4 is 0 Å². The normalized spacial score (nSPS) is 55.9. The summed E-state index contributed by atoms with van der Waals surface area (Å²) in [6.07, 6.45) is 16.4. The first-order valence-electron chi connectivity index (χ1n) is 8.55. The molecule has 0 amide bonds. The van der Waals surface area contributed by atoms with Crippen molar-refractivity contribution in [3.8, 4) is 0 Å². The van der Waals surface area contributed by atoms with Crippen molar-refractivity contribution in [2.24, 2.45) is 28.6 Å². The fourth-order valence-electron chi connectivity index (χ4n) is 6.51. The molecule has 4 rings (SSSR count). The summed E-state index contributed by atoms with van der Waals surface area (Å²) in [7, 11) is 0. The van der Waals surface area contributed by atoms with Gasteiger partial charge in [0.1, 0.15) is 0 Å². The summed E-state index contributed by atoms with van der Waals surface area (Å²) in [5.74, 6) is 3.07. The molecule has 1 heteroatoms. The first-order valence-corrected chi connectivity index (χ1v) is 8.55. The summed E-state index contributed by atoms with van der Waals surface area (Å²) < 4.78 is 0. The predicted molar refractivity (Wildman–Crippen MR) is 79.7 cm³/mol. The van der Waals surface area contributed by atoms with Crippen LogP contribution in [0, 0.1) is 28.6 Å². The molecule has 0 aromatic heterocycles. The van der Waals surface area contributed by atoms with Crippen molar-refractivity contribution in [1.82, 2.24) is 5.32 Å².